The standard InChI is InChI=1S/C14H18BrNO2/c1-14(2,3)12-10-5-4-6-11(15)9(10)7-8-16(12)13(17)18/h4-6,12H,7-8H2,1-3H3,(H,17,18). The average Bonchev–Trinajstić information content (AvgIpc) is 2.26. The van der Waals surface area contributed by atoms with Crippen molar-refractivity contribution in [2.24, 2.45) is 5.41 Å². The number of carboxylic acid groups (broad SMARTS) is 1. The molecule has 0 radical (unpaired) electrons. The summed E-state index contributed by atoms with van der Waals surface area (Å²) in [5, 5.41) is 9.38. The Balaban J connectivity index is 2.56. The molecular weight excluding hydrogens is 294 g/mol. The van der Waals surface area contributed by atoms with Crippen molar-refractivity contribution in [3.05, 3.63) is 33.8 Å². The van der Waals surface area contributed by atoms with E-state index >= 15 is 0 Å². The van der Waals surface area contributed by atoms with Crippen LogP contribution in [0.1, 0.15) is 37.9 Å². The summed E-state index contributed by atoms with van der Waals surface area (Å²) < 4.78 is 1.08. The van der Waals surface area contributed by atoms with Crippen LogP contribution in [0.5, 0.6) is 0 Å². The van der Waals surface area contributed by atoms with Crippen LogP contribution >= 0.6 is 15.9 Å². The number of hydrogen-bond donors (Lipinski definition) is 1. The molecule has 1 atom stereocenters. The first-order valence-corrected chi connectivity index (χ1v) is 6.88. The molecular formula is C14H18BrNO2. The molecule has 1 N–H and O–H groups in total. The molecule has 4 heteroatoms. The van der Waals surface area contributed by atoms with Crippen LogP contribution in [0.3, 0.4) is 0 Å². The quantitative estimate of drug-likeness (QED) is 0.784. The Hall–Kier alpha value is -1.03. The number of carbonyl (C=O) groups is 1. The fraction of sp³-hybridized carbons (Fsp3) is 0.500. The first kappa shape index (κ1) is 13.4. The largest absolute Gasteiger partial charge is 0.465 e. The van der Waals surface area contributed by atoms with Gasteiger partial charge in [-0.1, -0.05) is 48.8 Å². The van der Waals surface area contributed by atoms with Gasteiger partial charge in [0, 0.05) is 11.0 Å². The van der Waals surface area contributed by atoms with Gasteiger partial charge in [0.2, 0.25) is 0 Å². The second-order valence-electron chi connectivity index (χ2n) is 5.80. The van der Waals surface area contributed by atoms with E-state index in [4.69, 9.17) is 0 Å². The molecule has 0 fully saturated rings. The summed E-state index contributed by atoms with van der Waals surface area (Å²) in [4.78, 5) is 13.0. The van der Waals surface area contributed by atoms with Crippen LogP contribution in [0.4, 0.5) is 4.79 Å². The molecule has 1 aliphatic rings. The van der Waals surface area contributed by atoms with Gasteiger partial charge in [0.25, 0.3) is 0 Å². The van der Waals surface area contributed by atoms with Crippen LogP contribution in [0, 0.1) is 5.41 Å². The summed E-state index contributed by atoms with van der Waals surface area (Å²) in [6.45, 7) is 6.82. The van der Waals surface area contributed by atoms with Gasteiger partial charge in [-0.05, 0) is 29.0 Å². The van der Waals surface area contributed by atoms with Crippen molar-refractivity contribution >= 4 is 22.0 Å². The number of nitrogens with zero attached hydrogens (tertiary/aromatic N) is 1. The van der Waals surface area contributed by atoms with Crippen LogP contribution in [-0.4, -0.2) is 22.6 Å². The van der Waals surface area contributed by atoms with Gasteiger partial charge < -0.3 is 10.0 Å². The number of rotatable bonds is 0. The highest BCUT2D eigenvalue weighted by Crippen LogP contribution is 2.43. The van der Waals surface area contributed by atoms with Gasteiger partial charge in [-0.25, -0.2) is 4.79 Å². The minimum absolute atomic E-state index is 0.0868. The Morgan fingerprint density at radius 2 is 2.11 bits per heavy atom. The van der Waals surface area contributed by atoms with Crippen molar-refractivity contribution in [1.82, 2.24) is 4.90 Å². The Morgan fingerprint density at radius 3 is 2.67 bits per heavy atom. The maximum atomic E-state index is 11.4. The zero-order chi connectivity index (χ0) is 13.5. The van der Waals surface area contributed by atoms with Crippen molar-refractivity contribution in [3.63, 3.8) is 0 Å². The third kappa shape index (κ3) is 2.26. The lowest BCUT2D eigenvalue weighted by atomic mass is 9.77. The topological polar surface area (TPSA) is 40.5 Å². The van der Waals surface area contributed by atoms with E-state index in [1.54, 1.807) is 4.90 Å². The molecule has 2 rings (SSSR count). The summed E-state index contributed by atoms with van der Waals surface area (Å²) >= 11 is 3.57. The lowest BCUT2D eigenvalue weighted by Crippen LogP contribution is -2.44. The molecule has 1 amide bonds. The Kier molecular flexibility index (Phi) is 3.41. The molecule has 0 aromatic heterocycles. The minimum Gasteiger partial charge on any atom is -0.465 e. The van der Waals surface area contributed by atoms with Crippen LogP contribution in [0.25, 0.3) is 0 Å². The van der Waals surface area contributed by atoms with E-state index in [-0.39, 0.29) is 11.5 Å². The molecule has 0 spiro atoms. The monoisotopic (exact) mass is 311 g/mol. The third-order valence-electron chi connectivity index (χ3n) is 3.43. The van der Waals surface area contributed by atoms with Gasteiger partial charge >= 0.3 is 6.09 Å². The van der Waals surface area contributed by atoms with E-state index in [1.807, 2.05) is 18.2 Å². The van der Waals surface area contributed by atoms with Gasteiger partial charge in [0.1, 0.15) is 0 Å². The minimum atomic E-state index is -0.833. The van der Waals surface area contributed by atoms with E-state index in [0.29, 0.717) is 6.54 Å². The van der Waals surface area contributed by atoms with Crippen molar-refractivity contribution < 1.29 is 9.90 Å². The van der Waals surface area contributed by atoms with E-state index in [2.05, 4.69) is 36.7 Å². The molecule has 0 aliphatic carbocycles. The second kappa shape index (κ2) is 4.57. The zero-order valence-corrected chi connectivity index (χ0v) is 12.5. The molecule has 1 heterocycles. The Labute approximate surface area is 116 Å². The fourth-order valence-electron chi connectivity index (χ4n) is 2.76. The third-order valence-corrected chi connectivity index (χ3v) is 4.17. The number of hydrogen-bond acceptors (Lipinski definition) is 1. The van der Waals surface area contributed by atoms with Crippen LogP contribution < -0.4 is 0 Å². The van der Waals surface area contributed by atoms with Crippen molar-refractivity contribution in [3.8, 4) is 0 Å². The number of halogens is 1. The maximum Gasteiger partial charge on any atom is 0.407 e. The highest BCUT2D eigenvalue weighted by atomic mass is 79.9. The van der Waals surface area contributed by atoms with Crippen molar-refractivity contribution in [2.45, 2.75) is 33.2 Å². The molecule has 0 saturated heterocycles. The number of amides is 1. The number of fused-ring (bicyclic) bond motifs is 1. The molecule has 3 nitrogen and oxygen atoms in total. The lowest BCUT2D eigenvalue weighted by molar-refractivity contribution is 0.0758. The van der Waals surface area contributed by atoms with E-state index in [1.165, 1.54) is 5.56 Å². The highest BCUT2D eigenvalue weighted by Gasteiger charge is 2.38. The molecule has 1 aromatic rings. The second-order valence-corrected chi connectivity index (χ2v) is 6.66. The van der Waals surface area contributed by atoms with Crippen LogP contribution in [0.2, 0.25) is 0 Å². The summed E-state index contributed by atoms with van der Waals surface area (Å²) in [7, 11) is 0. The SMILES string of the molecule is CC(C)(C)C1c2cccc(Br)c2CCN1C(=O)O. The fourth-order valence-corrected chi connectivity index (χ4v) is 3.34. The maximum absolute atomic E-state index is 11.4. The molecule has 1 unspecified atom stereocenters. The molecule has 0 bridgehead atoms. The lowest BCUT2D eigenvalue weighted by Gasteiger charge is -2.43. The summed E-state index contributed by atoms with van der Waals surface area (Å²) in [6, 6.07) is 5.96. The first-order valence-electron chi connectivity index (χ1n) is 6.09. The predicted octanol–water partition coefficient (Wildman–Crippen LogP) is 4.07. The normalized spacial score (nSPS) is 19.6. The highest BCUT2D eigenvalue weighted by molar-refractivity contribution is 9.10. The summed E-state index contributed by atoms with van der Waals surface area (Å²) in [5.41, 5.74) is 2.26. The van der Waals surface area contributed by atoms with E-state index in [9.17, 15) is 9.90 Å². The van der Waals surface area contributed by atoms with Crippen LogP contribution in [-0.2, 0) is 6.42 Å². The molecule has 1 aliphatic heterocycles. The molecule has 0 saturated carbocycles. The first-order chi connectivity index (χ1) is 8.32. The van der Waals surface area contributed by atoms with Gasteiger partial charge in [-0.15, -0.1) is 0 Å². The number of benzene rings is 1. The van der Waals surface area contributed by atoms with Crippen LogP contribution in [0.15, 0.2) is 22.7 Å². The van der Waals surface area contributed by atoms with Gasteiger partial charge in [0.05, 0.1) is 6.04 Å². The zero-order valence-electron chi connectivity index (χ0n) is 10.9. The van der Waals surface area contributed by atoms with E-state index < -0.39 is 6.09 Å². The average molecular weight is 312 g/mol. The molecule has 98 valence electrons. The molecule has 18 heavy (non-hydrogen) atoms. The Morgan fingerprint density at radius 1 is 1.44 bits per heavy atom. The van der Waals surface area contributed by atoms with Gasteiger partial charge in [-0.3, -0.25) is 0 Å². The van der Waals surface area contributed by atoms with Gasteiger partial charge in [0.15, 0.2) is 0 Å². The van der Waals surface area contributed by atoms with Crippen molar-refractivity contribution in [2.75, 3.05) is 6.54 Å². The van der Waals surface area contributed by atoms with Gasteiger partial charge in [-0.2, -0.15) is 0 Å². The predicted molar refractivity (Wildman–Crippen MR) is 74.8 cm³/mol. The summed E-state index contributed by atoms with van der Waals surface area (Å²) in [5.74, 6) is 0. The molecule has 1 aromatic carbocycles. The summed E-state index contributed by atoms with van der Waals surface area (Å²) in [6.07, 6.45) is -0.0594. The smallest absolute Gasteiger partial charge is 0.407 e. The van der Waals surface area contributed by atoms with Crippen molar-refractivity contribution in [1.29, 1.82) is 0 Å². The van der Waals surface area contributed by atoms with E-state index in [0.717, 1.165) is 16.5 Å². The Bertz CT molecular complexity index is 479.